The van der Waals surface area contributed by atoms with Crippen molar-refractivity contribution in [3.8, 4) is 0 Å². The second-order valence-corrected chi connectivity index (χ2v) is 10.5. The molecule has 2 aromatic rings. The fourth-order valence-electron chi connectivity index (χ4n) is 4.62. The van der Waals surface area contributed by atoms with Crippen molar-refractivity contribution in [3.05, 3.63) is 58.5 Å². The number of likely N-dealkylation sites (N-methyl/N-ethyl adjacent to an activating group) is 1. The van der Waals surface area contributed by atoms with Crippen LogP contribution in [0.15, 0.2) is 35.8 Å². The molecule has 1 fully saturated rings. The lowest BCUT2D eigenvalue weighted by Crippen LogP contribution is -2.39. The molecule has 3 amide bonds. The lowest BCUT2D eigenvalue weighted by molar-refractivity contribution is -0.134. The first-order chi connectivity index (χ1) is 19.7. The molecule has 11 heteroatoms. The van der Waals surface area contributed by atoms with Gasteiger partial charge in [-0.15, -0.1) is 0 Å². The molecule has 10 nitrogen and oxygen atoms in total. The second-order valence-electron chi connectivity index (χ2n) is 10.5. The predicted molar refractivity (Wildman–Crippen MR) is 165 cm³/mol. The van der Waals surface area contributed by atoms with Gasteiger partial charge in [0.2, 0.25) is 11.8 Å². The fraction of sp³-hybridized carbons (Fsp3) is 0.500. The van der Waals surface area contributed by atoms with Crippen LogP contribution in [0, 0.1) is 0 Å². The number of nitrogens with one attached hydrogen (secondary N) is 2. The number of primary amides is 1. The normalized spacial score (nSPS) is 13.3. The molecule has 0 spiro atoms. The molecule has 0 atom stereocenters. The molecule has 3 rings (SSSR count). The largest absolute Gasteiger partial charge is 0.364 e. The molecule has 0 radical (unpaired) electrons. The van der Waals surface area contributed by atoms with E-state index in [1.165, 1.54) is 11.3 Å². The Kier molecular flexibility index (Phi) is 12.3. The van der Waals surface area contributed by atoms with Crippen molar-refractivity contribution in [2.24, 2.45) is 5.73 Å². The summed E-state index contributed by atoms with van der Waals surface area (Å²) in [6.45, 7) is 9.70. The number of amides is 3. The van der Waals surface area contributed by atoms with E-state index in [4.69, 9.17) is 5.73 Å². The van der Waals surface area contributed by atoms with Gasteiger partial charge in [-0.25, -0.2) is 9.97 Å². The molecule has 0 unspecified atom stereocenters. The van der Waals surface area contributed by atoms with Crippen molar-refractivity contribution < 1.29 is 14.4 Å². The molecule has 41 heavy (non-hydrogen) atoms. The van der Waals surface area contributed by atoms with Gasteiger partial charge >= 0.3 is 0 Å². The highest BCUT2D eigenvalue weighted by Crippen LogP contribution is 2.22. The molecule has 1 aliphatic rings. The summed E-state index contributed by atoms with van der Waals surface area (Å²) >= 11 is 0. The summed E-state index contributed by atoms with van der Waals surface area (Å²) in [5.41, 5.74) is 10.2. The van der Waals surface area contributed by atoms with Crippen LogP contribution in [-0.4, -0.2) is 84.5 Å². The molecule has 4 N–H and O–H groups in total. The van der Waals surface area contributed by atoms with E-state index in [0.717, 1.165) is 67.9 Å². The molecule has 0 bridgehead atoms. The summed E-state index contributed by atoms with van der Waals surface area (Å²) in [7, 11) is 2.50. The Morgan fingerprint density at radius 2 is 1.93 bits per heavy atom. The number of rotatable bonds is 16. The maximum Gasteiger partial charge on any atom is 0.271 e. The average Bonchev–Trinajstić information content (AvgIpc) is 2.91. The van der Waals surface area contributed by atoms with Crippen molar-refractivity contribution in [1.29, 1.82) is 0 Å². The van der Waals surface area contributed by atoms with Gasteiger partial charge in [-0.1, -0.05) is 50.8 Å². The molecule has 1 aromatic carbocycles. The van der Waals surface area contributed by atoms with Gasteiger partial charge in [-0.05, 0) is 56.5 Å². The standard InChI is InChI=1S/C30H44BN7O3/c1-5-9-25-24(6-2)35-28(29(32)41)30(36-25)34-23-11-7-10-21(18-23)12-14-33-26(39)20-37(4)27(40)19-22(31-3)13-17-38-15-8-16-38/h7,10-11,13,18,31H,5-6,8-9,12,14-17,19-20H2,1-4H3,(H2,32,41)(H,33,39)(H,34,36)/b22-13-. The summed E-state index contributed by atoms with van der Waals surface area (Å²) in [6, 6.07) is 7.69. The van der Waals surface area contributed by atoms with E-state index in [1.54, 1.807) is 7.05 Å². The number of hydrogen-bond donors (Lipinski definition) is 3. The quantitative estimate of drug-likeness (QED) is 0.268. The van der Waals surface area contributed by atoms with E-state index in [2.05, 4.69) is 45.3 Å². The second kappa shape index (κ2) is 15.9. The minimum Gasteiger partial charge on any atom is -0.364 e. The van der Waals surface area contributed by atoms with Crippen LogP contribution in [0.1, 0.15) is 60.5 Å². The minimum absolute atomic E-state index is 0.0198. The highest BCUT2D eigenvalue weighted by Gasteiger charge is 2.18. The number of aromatic nitrogens is 2. The summed E-state index contributed by atoms with van der Waals surface area (Å²) in [5.74, 6) is -0.534. The lowest BCUT2D eigenvalue weighted by atomic mass is 9.70. The van der Waals surface area contributed by atoms with Crippen LogP contribution in [0.25, 0.3) is 0 Å². The smallest absolute Gasteiger partial charge is 0.271 e. The first-order valence-corrected chi connectivity index (χ1v) is 14.7. The monoisotopic (exact) mass is 561 g/mol. The van der Waals surface area contributed by atoms with E-state index in [-0.39, 0.29) is 24.1 Å². The Hall–Kier alpha value is -3.73. The third kappa shape index (κ3) is 9.70. The van der Waals surface area contributed by atoms with Crippen LogP contribution in [0.5, 0.6) is 0 Å². The third-order valence-electron chi connectivity index (χ3n) is 7.26. The topological polar surface area (TPSA) is 134 Å². The highest BCUT2D eigenvalue weighted by atomic mass is 16.2. The Balaban J connectivity index is 1.52. The Bertz CT molecular complexity index is 1250. The molecular weight excluding hydrogens is 517 g/mol. The van der Waals surface area contributed by atoms with Crippen molar-refractivity contribution in [2.45, 2.75) is 59.2 Å². The Labute approximate surface area is 244 Å². The third-order valence-corrected chi connectivity index (χ3v) is 7.26. The van der Waals surface area contributed by atoms with Gasteiger partial charge < -0.3 is 21.3 Å². The van der Waals surface area contributed by atoms with Crippen LogP contribution in [0.4, 0.5) is 11.5 Å². The van der Waals surface area contributed by atoms with Crippen molar-refractivity contribution in [1.82, 2.24) is 25.1 Å². The molecule has 1 aliphatic heterocycles. The average molecular weight is 562 g/mol. The molecule has 1 aromatic heterocycles. The molecule has 220 valence electrons. The molecule has 1 saturated heterocycles. The van der Waals surface area contributed by atoms with Crippen molar-refractivity contribution >= 4 is 36.5 Å². The van der Waals surface area contributed by atoms with E-state index in [9.17, 15) is 14.4 Å². The van der Waals surface area contributed by atoms with Gasteiger partial charge in [0.25, 0.3) is 5.91 Å². The first-order valence-electron chi connectivity index (χ1n) is 14.7. The van der Waals surface area contributed by atoms with Gasteiger partial charge in [0, 0.05) is 32.2 Å². The zero-order chi connectivity index (χ0) is 29.8. The highest BCUT2D eigenvalue weighted by molar-refractivity contribution is 6.44. The predicted octanol–water partition coefficient (Wildman–Crippen LogP) is 2.42. The number of anilines is 2. The van der Waals surface area contributed by atoms with Crippen molar-refractivity contribution in [3.63, 3.8) is 0 Å². The SMILES string of the molecule is CB/C(=C\CN1CCC1)CC(=O)N(C)CC(=O)NCCc1cccc(Nc2nc(CCC)c(CC)nc2C(N)=O)c1. The number of aryl methyl sites for hydroxylation is 2. The van der Waals surface area contributed by atoms with Crippen molar-refractivity contribution in [2.75, 3.05) is 45.1 Å². The van der Waals surface area contributed by atoms with Gasteiger partial charge in [0.15, 0.2) is 11.5 Å². The van der Waals surface area contributed by atoms with Crippen LogP contribution >= 0.6 is 0 Å². The molecule has 0 aliphatic carbocycles. The number of hydrogen-bond acceptors (Lipinski definition) is 7. The van der Waals surface area contributed by atoms with Gasteiger partial charge in [0.05, 0.1) is 17.9 Å². The maximum absolute atomic E-state index is 12.7. The summed E-state index contributed by atoms with van der Waals surface area (Å²) in [4.78, 5) is 50.3. The number of likely N-dealkylation sites (tertiary alicyclic amines) is 1. The number of nitrogens with two attached hydrogens (primary N) is 1. The van der Waals surface area contributed by atoms with Crippen LogP contribution in [0.2, 0.25) is 6.82 Å². The van der Waals surface area contributed by atoms with Crippen LogP contribution in [-0.2, 0) is 28.9 Å². The van der Waals surface area contributed by atoms with Gasteiger partial charge in [-0.3, -0.25) is 19.3 Å². The minimum atomic E-state index is -0.631. The maximum atomic E-state index is 12.7. The number of benzene rings is 1. The summed E-state index contributed by atoms with van der Waals surface area (Å²) < 4.78 is 0. The van der Waals surface area contributed by atoms with Gasteiger partial charge in [0.1, 0.15) is 7.28 Å². The van der Waals surface area contributed by atoms with Crippen LogP contribution in [0.3, 0.4) is 0 Å². The van der Waals surface area contributed by atoms with E-state index >= 15 is 0 Å². The summed E-state index contributed by atoms with van der Waals surface area (Å²) in [6.07, 6.45) is 6.69. The van der Waals surface area contributed by atoms with E-state index < -0.39 is 5.91 Å². The number of carbonyl (C=O) groups excluding carboxylic acids is 3. The lowest BCUT2D eigenvalue weighted by Gasteiger charge is -2.29. The van der Waals surface area contributed by atoms with Crippen LogP contribution < -0.4 is 16.4 Å². The van der Waals surface area contributed by atoms with E-state index in [1.807, 2.05) is 31.2 Å². The summed E-state index contributed by atoms with van der Waals surface area (Å²) in [5, 5.41) is 6.12. The van der Waals surface area contributed by atoms with E-state index in [0.29, 0.717) is 31.6 Å². The molecule has 2 heterocycles. The zero-order valence-electron chi connectivity index (χ0n) is 25.0. The molecular formula is C30H44BN7O3. The Morgan fingerprint density at radius 3 is 2.56 bits per heavy atom. The number of nitrogens with zero attached hydrogens (tertiary/aromatic N) is 4. The number of carbonyl (C=O) groups is 3. The van der Waals surface area contributed by atoms with Gasteiger partial charge in [-0.2, -0.15) is 0 Å². The molecule has 0 saturated carbocycles. The first kappa shape index (κ1) is 31.8. The Morgan fingerprint density at radius 1 is 1.15 bits per heavy atom. The zero-order valence-corrected chi connectivity index (χ0v) is 25.0. The fourth-order valence-corrected chi connectivity index (χ4v) is 4.62.